The molecule has 1 aromatic carbocycles. The van der Waals surface area contributed by atoms with Crippen molar-refractivity contribution >= 4 is 11.6 Å². The number of aromatic nitrogens is 3. The molecule has 1 saturated carbocycles. The van der Waals surface area contributed by atoms with Gasteiger partial charge in [-0.2, -0.15) is 0 Å². The normalized spacial score (nSPS) is 13.5. The molecular weight excluding hydrogens is 473 g/mol. The Bertz CT molecular complexity index is 1460. The summed E-state index contributed by atoms with van der Waals surface area (Å²) in [4.78, 5) is 21.3. The fraction of sp³-hybridized carbons (Fsp3) is 0.222. The number of methoxy groups -OCH3 is 1. The predicted molar refractivity (Wildman–Crippen MR) is 137 cm³/mol. The summed E-state index contributed by atoms with van der Waals surface area (Å²) in [7, 11) is 1.39. The van der Waals surface area contributed by atoms with Crippen LogP contribution in [0, 0.1) is 5.82 Å². The van der Waals surface area contributed by atoms with Crippen LogP contribution in [0.3, 0.4) is 0 Å². The van der Waals surface area contributed by atoms with Gasteiger partial charge in [0.1, 0.15) is 11.3 Å². The summed E-state index contributed by atoms with van der Waals surface area (Å²) < 4.78 is 22.2. The number of nitrogens with two attached hydrogens (primary N) is 2. The van der Waals surface area contributed by atoms with Crippen LogP contribution < -0.4 is 21.6 Å². The number of imidazole rings is 1. The van der Waals surface area contributed by atoms with Gasteiger partial charge in [-0.15, -0.1) is 0 Å². The first kappa shape index (κ1) is 24.3. The Morgan fingerprint density at radius 1 is 1.22 bits per heavy atom. The molecule has 0 bridgehead atoms. The largest absolute Gasteiger partial charge is 0.494 e. The highest BCUT2D eigenvalue weighted by Crippen LogP contribution is 2.39. The molecule has 10 heteroatoms. The lowest BCUT2D eigenvalue weighted by Crippen LogP contribution is -2.32. The third-order valence-electron chi connectivity index (χ3n) is 6.33. The minimum atomic E-state index is -0.581. The van der Waals surface area contributed by atoms with E-state index in [1.807, 2.05) is 16.7 Å². The van der Waals surface area contributed by atoms with Crippen molar-refractivity contribution in [1.29, 1.82) is 0 Å². The van der Waals surface area contributed by atoms with Crippen molar-refractivity contribution in [2.24, 2.45) is 11.6 Å². The number of benzene rings is 1. The van der Waals surface area contributed by atoms with Crippen LogP contribution in [0.1, 0.15) is 35.6 Å². The molecule has 0 unspecified atom stereocenters. The molecule has 3 heterocycles. The summed E-state index contributed by atoms with van der Waals surface area (Å²) in [6.45, 7) is 0.152. The van der Waals surface area contributed by atoms with Crippen molar-refractivity contribution in [2.45, 2.75) is 31.8 Å². The summed E-state index contributed by atoms with van der Waals surface area (Å²) in [5.41, 5.74) is 10.4. The summed E-state index contributed by atoms with van der Waals surface area (Å²) in [6, 6.07) is 10.9. The number of halogens is 1. The fourth-order valence-corrected chi connectivity index (χ4v) is 4.27. The molecule has 0 saturated heterocycles. The van der Waals surface area contributed by atoms with Gasteiger partial charge >= 0.3 is 0 Å². The van der Waals surface area contributed by atoms with Gasteiger partial charge in [0.2, 0.25) is 0 Å². The van der Waals surface area contributed by atoms with Crippen molar-refractivity contribution < 1.29 is 13.9 Å². The number of hydrazine groups is 1. The Balaban J connectivity index is 1.26. The van der Waals surface area contributed by atoms with Gasteiger partial charge in [0, 0.05) is 43.1 Å². The Morgan fingerprint density at radius 3 is 2.73 bits per heavy atom. The van der Waals surface area contributed by atoms with Crippen LogP contribution in [-0.2, 0) is 17.9 Å². The third-order valence-corrected chi connectivity index (χ3v) is 6.33. The molecular formula is C27H28FN7O2. The summed E-state index contributed by atoms with van der Waals surface area (Å²) in [6.07, 6.45) is 11.0. The lowest BCUT2D eigenvalue weighted by atomic mass is 9.99. The molecule has 9 nitrogen and oxygen atoms in total. The van der Waals surface area contributed by atoms with Crippen molar-refractivity contribution in [1.82, 2.24) is 24.7 Å². The van der Waals surface area contributed by atoms with Crippen LogP contribution in [0.2, 0.25) is 0 Å². The summed E-state index contributed by atoms with van der Waals surface area (Å²) in [5, 5.41) is 3.97. The fourth-order valence-electron chi connectivity index (χ4n) is 4.27. The molecule has 190 valence electrons. The Kier molecular flexibility index (Phi) is 6.74. The van der Waals surface area contributed by atoms with Crippen LogP contribution in [0.25, 0.3) is 16.8 Å². The predicted octanol–water partition coefficient (Wildman–Crippen LogP) is 3.21. The average Bonchev–Trinajstić information content (AvgIpc) is 3.67. The zero-order valence-electron chi connectivity index (χ0n) is 20.4. The Labute approximate surface area is 213 Å². The van der Waals surface area contributed by atoms with E-state index >= 15 is 4.39 Å². The van der Waals surface area contributed by atoms with E-state index in [-0.39, 0.29) is 30.1 Å². The quantitative estimate of drug-likeness (QED) is 0.183. The molecule has 1 fully saturated rings. The van der Waals surface area contributed by atoms with Gasteiger partial charge in [-0.3, -0.25) is 9.78 Å². The number of pyridine rings is 2. The van der Waals surface area contributed by atoms with Crippen molar-refractivity contribution in [3.8, 4) is 16.9 Å². The van der Waals surface area contributed by atoms with Gasteiger partial charge in [-0.1, -0.05) is 12.1 Å². The SMILES string of the molecule is COc1ccc(-c2ccncc2)c(CNC(=O)/C(N)=C/N(N)Cc2cn3cc(C4CC4)ccc3n2)c1F. The zero-order chi connectivity index (χ0) is 25.9. The number of carbonyl (C=O) groups is 1. The molecule has 5 N–H and O–H groups in total. The molecule has 3 aromatic heterocycles. The average molecular weight is 502 g/mol. The molecule has 5 rings (SSSR count). The van der Waals surface area contributed by atoms with Crippen LogP contribution in [0.5, 0.6) is 5.75 Å². The van der Waals surface area contributed by atoms with E-state index in [9.17, 15) is 4.79 Å². The summed E-state index contributed by atoms with van der Waals surface area (Å²) >= 11 is 0. The second-order valence-electron chi connectivity index (χ2n) is 9.02. The lowest BCUT2D eigenvalue weighted by Gasteiger charge is -2.16. The first-order chi connectivity index (χ1) is 17.9. The molecule has 0 radical (unpaired) electrons. The van der Waals surface area contributed by atoms with Gasteiger partial charge in [-0.25, -0.2) is 15.2 Å². The Hall–Kier alpha value is -4.44. The maximum Gasteiger partial charge on any atom is 0.268 e. The zero-order valence-corrected chi connectivity index (χ0v) is 20.4. The van der Waals surface area contributed by atoms with E-state index in [0.717, 1.165) is 16.9 Å². The molecule has 0 aliphatic heterocycles. The molecule has 1 aliphatic carbocycles. The molecule has 4 aromatic rings. The van der Waals surface area contributed by atoms with E-state index in [4.69, 9.17) is 16.3 Å². The molecule has 0 spiro atoms. The van der Waals surface area contributed by atoms with E-state index in [0.29, 0.717) is 11.5 Å². The number of nitrogens with one attached hydrogen (secondary N) is 1. The molecule has 1 aliphatic rings. The number of hydrogen-bond acceptors (Lipinski definition) is 7. The van der Waals surface area contributed by atoms with Crippen molar-refractivity contribution in [3.63, 3.8) is 0 Å². The number of fused-ring (bicyclic) bond motifs is 1. The highest BCUT2D eigenvalue weighted by atomic mass is 19.1. The van der Waals surface area contributed by atoms with Crippen LogP contribution >= 0.6 is 0 Å². The first-order valence-electron chi connectivity index (χ1n) is 11.9. The maximum atomic E-state index is 15.1. The number of nitrogens with zero attached hydrogens (tertiary/aromatic N) is 4. The first-order valence-corrected chi connectivity index (χ1v) is 11.9. The van der Waals surface area contributed by atoms with Gasteiger partial charge in [0.25, 0.3) is 5.91 Å². The van der Waals surface area contributed by atoms with Gasteiger partial charge in [0.05, 0.1) is 19.3 Å². The highest BCUT2D eigenvalue weighted by Gasteiger charge is 2.24. The number of amides is 1. The lowest BCUT2D eigenvalue weighted by molar-refractivity contribution is -0.117. The van der Waals surface area contributed by atoms with E-state index in [1.54, 1.807) is 36.7 Å². The molecule has 1 amide bonds. The molecule has 37 heavy (non-hydrogen) atoms. The number of carbonyl (C=O) groups excluding carboxylic acids is 1. The van der Waals surface area contributed by atoms with E-state index in [1.165, 1.54) is 36.7 Å². The summed E-state index contributed by atoms with van der Waals surface area (Å²) in [5.74, 6) is 5.68. The smallest absolute Gasteiger partial charge is 0.268 e. The van der Waals surface area contributed by atoms with Crippen molar-refractivity contribution in [3.05, 3.63) is 95.7 Å². The van der Waals surface area contributed by atoms with Gasteiger partial charge in [0.15, 0.2) is 11.6 Å². The topological polar surface area (TPSA) is 124 Å². The van der Waals surface area contributed by atoms with Crippen LogP contribution in [0.4, 0.5) is 4.39 Å². The highest BCUT2D eigenvalue weighted by molar-refractivity contribution is 5.92. The minimum Gasteiger partial charge on any atom is -0.494 e. The second kappa shape index (κ2) is 10.3. The minimum absolute atomic E-state index is 0.0791. The third kappa shape index (κ3) is 5.39. The van der Waals surface area contributed by atoms with E-state index < -0.39 is 11.7 Å². The number of hydrogen-bond donors (Lipinski definition) is 3. The Morgan fingerprint density at radius 2 is 2.00 bits per heavy atom. The monoisotopic (exact) mass is 501 g/mol. The maximum absolute atomic E-state index is 15.1. The van der Waals surface area contributed by atoms with Gasteiger partial charge < -0.3 is 25.2 Å². The van der Waals surface area contributed by atoms with Crippen LogP contribution in [0.15, 0.2) is 73.1 Å². The van der Waals surface area contributed by atoms with Crippen molar-refractivity contribution in [2.75, 3.05) is 7.11 Å². The van der Waals surface area contributed by atoms with E-state index in [2.05, 4.69) is 27.5 Å². The molecule has 0 atom stereocenters. The van der Waals surface area contributed by atoms with Crippen LogP contribution in [-0.4, -0.2) is 32.4 Å². The number of rotatable bonds is 9. The van der Waals surface area contributed by atoms with Gasteiger partial charge in [-0.05, 0) is 59.7 Å². The second-order valence-corrected chi connectivity index (χ2v) is 9.02. The standard InChI is InChI=1S/C27H28FN7O2/c1-37-24-6-5-21(18-8-10-31-11-9-18)22(26(24)28)12-32-27(36)23(29)16-35(30)15-20-14-34-13-19(17-2-3-17)4-7-25(34)33-20/h4-11,13-14,16-17H,2-3,12,15,29-30H2,1H3,(H,32,36)/b23-16-. The number of ether oxygens (including phenoxy) is 1.